The van der Waals surface area contributed by atoms with E-state index in [9.17, 15) is 10.1 Å². The molecule has 1 aromatic heterocycles. The predicted molar refractivity (Wildman–Crippen MR) is 94.9 cm³/mol. The molecule has 0 unspecified atom stereocenters. The van der Waals surface area contributed by atoms with E-state index in [0.717, 1.165) is 10.0 Å². The van der Waals surface area contributed by atoms with Crippen LogP contribution in [-0.2, 0) is 9.53 Å². The van der Waals surface area contributed by atoms with Gasteiger partial charge >= 0.3 is 0 Å². The molecule has 124 valence electrons. The molecule has 0 aliphatic carbocycles. The van der Waals surface area contributed by atoms with Gasteiger partial charge < -0.3 is 14.5 Å². The Morgan fingerprint density at radius 1 is 1.42 bits per heavy atom. The lowest BCUT2D eigenvalue weighted by molar-refractivity contribution is -0.117. The minimum Gasteiger partial charge on any atom is -0.457 e. The lowest BCUT2D eigenvalue weighted by Gasteiger charge is -2.11. The van der Waals surface area contributed by atoms with Gasteiger partial charge in [0.1, 0.15) is 23.2 Å². The van der Waals surface area contributed by atoms with Crippen LogP contribution in [0.1, 0.15) is 12.7 Å². The number of hydrogen-bond acceptors (Lipinski definition) is 4. The topological polar surface area (TPSA) is 75.3 Å². The number of methoxy groups -OCH3 is 1. The van der Waals surface area contributed by atoms with E-state index in [1.54, 1.807) is 26.2 Å². The van der Waals surface area contributed by atoms with Crippen molar-refractivity contribution < 1.29 is 13.9 Å². The summed E-state index contributed by atoms with van der Waals surface area (Å²) in [4.78, 5) is 12.1. The monoisotopic (exact) mass is 388 g/mol. The first-order valence-electron chi connectivity index (χ1n) is 7.31. The van der Waals surface area contributed by atoms with E-state index in [4.69, 9.17) is 9.15 Å². The number of halogens is 1. The summed E-state index contributed by atoms with van der Waals surface area (Å²) in [6.07, 6.45) is 1.43. The van der Waals surface area contributed by atoms with E-state index >= 15 is 0 Å². The lowest BCUT2D eigenvalue weighted by Crippen LogP contribution is -2.36. The Morgan fingerprint density at radius 3 is 2.83 bits per heavy atom. The van der Waals surface area contributed by atoms with Gasteiger partial charge in [-0.25, -0.2) is 0 Å². The van der Waals surface area contributed by atoms with Crippen LogP contribution in [0.25, 0.3) is 17.4 Å². The average Bonchev–Trinajstić information content (AvgIpc) is 3.01. The van der Waals surface area contributed by atoms with Crippen LogP contribution in [-0.4, -0.2) is 25.7 Å². The smallest absolute Gasteiger partial charge is 0.262 e. The summed E-state index contributed by atoms with van der Waals surface area (Å²) in [5.41, 5.74) is 0.875. The molecule has 1 amide bonds. The lowest BCUT2D eigenvalue weighted by atomic mass is 10.2. The Labute approximate surface area is 149 Å². The number of amides is 1. The molecule has 0 spiro atoms. The molecule has 0 aliphatic heterocycles. The normalized spacial score (nSPS) is 12.5. The van der Waals surface area contributed by atoms with Gasteiger partial charge in [0.2, 0.25) is 0 Å². The summed E-state index contributed by atoms with van der Waals surface area (Å²) < 4.78 is 11.6. The second-order valence-corrected chi connectivity index (χ2v) is 6.04. The number of nitrogens with zero attached hydrogens (tertiary/aromatic N) is 1. The largest absolute Gasteiger partial charge is 0.457 e. The van der Waals surface area contributed by atoms with Gasteiger partial charge in [-0.15, -0.1) is 0 Å². The number of ether oxygens (including phenoxy) is 1. The van der Waals surface area contributed by atoms with Crippen molar-refractivity contribution in [3.63, 3.8) is 0 Å². The Kier molecular flexibility index (Phi) is 6.36. The molecule has 2 aromatic rings. The zero-order valence-corrected chi connectivity index (χ0v) is 15.0. The molecule has 6 heteroatoms. The minimum absolute atomic E-state index is 0.0222. The van der Waals surface area contributed by atoms with Gasteiger partial charge in [0.25, 0.3) is 5.91 Å². The number of rotatable bonds is 6. The van der Waals surface area contributed by atoms with Crippen molar-refractivity contribution in [1.82, 2.24) is 5.32 Å². The first-order chi connectivity index (χ1) is 11.5. The van der Waals surface area contributed by atoms with Gasteiger partial charge in [0.15, 0.2) is 0 Å². The van der Waals surface area contributed by atoms with Crippen molar-refractivity contribution >= 4 is 27.9 Å². The number of carbonyl (C=O) groups is 1. The highest BCUT2D eigenvalue weighted by atomic mass is 79.9. The van der Waals surface area contributed by atoms with E-state index in [2.05, 4.69) is 21.2 Å². The first kappa shape index (κ1) is 18.0. The Hall–Kier alpha value is -2.36. The van der Waals surface area contributed by atoms with E-state index in [-0.39, 0.29) is 11.6 Å². The maximum atomic E-state index is 12.1. The van der Waals surface area contributed by atoms with Gasteiger partial charge in [-0.1, -0.05) is 34.1 Å². The molecule has 0 aliphatic rings. The first-order valence-corrected chi connectivity index (χ1v) is 8.10. The average molecular weight is 389 g/mol. The van der Waals surface area contributed by atoms with Gasteiger partial charge in [0.05, 0.1) is 6.61 Å². The number of benzene rings is 1. The van der Waals surface area contributed by atoms with Gasteiger partial charge in [-0.2, -0.15) is 5.26 Å². The van der Waals surface area contributed by atoms with Crippen LogP contribution in [0.5, 0.6) is 0 Å². The summed E-state index contributed by atoms with van der Waals surface area (Å²) >= 11 is 3.47. The van der Waals surface area contributed by atoms with Gasteiger partial charge in [-0.3, -0.25) is 4.79 Å². The Balaban J connectivity index is 2.19. The molecular weight excluding hydrogens is 372 g/mol. The van der Waals surface area contributed by atoms with E-state index in [0.29, 0.717) is 18.1 Å². The van der Waals surface area contributed by atoms with Crippen molar-refractivity contribution in [3.8, 4) is 17.4 Å². The van der Waals surface area contributed by atoms with Crippen molar-refractivity contribution in [3.05, 3.63) is 52.2 Å². The Morgan fingerprint density at radius 2 is 2.17 bits per heavy atom. The number of furan rings is 1. The van der Waals surface area contributed by atoms with Crippen LogP contribution in [0, 0.1) is 11.3 Å². The van der Waals surface area contributed by atoms with E-state index < -0.39 is 5.91 Å². The maximum Gasteiger partial charge on any atom is 0.262 e. The third kappa shape index (κ3) is 4.57. The fourth-order valence-electron chi connectivity index (χ4n) is 2.12. The molecule has 2 rings (SSSR count). The molecule has 1 aromatic carbocycles. The molecule has 24 heavy (non-hydrogen) atoms. The van der Waals surface area contributed by atoms with Crippen LogP contribution in [0.15, 0.2) is 50.9 Å². The zero-order chi connectivity index (χ0) is 17.5. The molecule has 1 N–H and O–H groups in total. The Bertz CT molecular complexity index is 790. The number of nitrogens with one attached hydrogen (secondary N) is 1. The predicted octanol–water partition coefficient (Wildman–Crippen LogP) is 3.77. The molecule has 5 nitrogen and oxygen atoms in total. The van der Waals surface area contributed by atoms with Crippen LogP contribution in [0.4, 0.5) is 0 Å². The van der Waals surface area contributed by atoms with Crippen molar-refractivity contribution in [2.75, 3.05) is 13.7 Å². The molecule has 0 saturated heterocycles. The van der Waals surface area contributed by atoms with Crippen LogP contribution in [0.3, 0.4) is 0 Å². The molecule has 0 fully saturated rings. The fourth-order valence-corrected chi connectivity index (χ4v) is 2.60. The van der Waals surface area contributed by atoms with Crippen molar-refractivity contribution in [2.45, 2.75) is 13.0 Å². The molecule has 1 atom stereocenters. The van der Waals surface area contributed by atoms with Gasteiger partial charge in [0, 0.05) is 29.3 Å². The van der Waals surface area contributed by atoms with E-state index in [1.807, 2.05) is 30.3 Å². The van der Waals surface area contributed by atoms with Gasteiger partial charge in [-0.05, 0) is 25.1 Å². The third-order valence-electron chi connectivity index (χ3n) is 3.21. The number of nitriles is 1. The van der Waals surface area contributed by atoms with Crippen LogP contribution in [0.2, 0.25) is 0 Å². The maximum absolute atomic E-state index is 12.1. The molecule has 0 saturated carbocycles. The number of carbonyl (C=O) groups excluding carboxylic acids is 1. The number of hydrogen-bond donors (Lipinski definition) is 1. The highest BCUT2D eigenvalue weighted by molar-refractivity contribution is 9.10. The molecule has 0 bridgehead atoms. The highest BCUT2D eigenvalue weighted by Crippen LogP contribution is 2.29. The summed E-state index contributed by atoms with van der Waals surface area (Å²) in [7, 11) is 1.55. The SMILES string of the molecule is COC[C@H](C)NC(=O)/C(C#N)=C/c1ccc(-c2ccccc2Br)o1. The molecule has 1 heterocycles. The van der Waals surface area contributed by atoms with Crippen molar-refractivity contribution in [1.29, 1.82) is 5.26 Å². The summed E-state index contributed by atoms with van der Waals surface area (Å²) in [5, 5.41) is 11.9. The highest BCUT2D eigenvalue weighted by Gasteiger charge is 2.14. The fraction of sp³-hybridized carbons (Fsp3) is 0.222. The summed E-state index contributed by atoms with van der Waals surface area (Å²) in [6.45, 7) is 2.17. The van der Waals surface area contributed by atoms with Crippen LogP contribution >= 0.6 is 15.9 Å². The van der Waals surface area contributed by atoms with E-state index in [1.165, 1.54) is 6.08 Å². The van der Waals surface area contributed by atoms with Crippen LogP contribution < -0.4 is 5.32 Å². The third-order valence-corrected chi connectivity index (χ3v) is 3.90. The summed E-state index contributed by atoms with van der Waals surface area (Å²) in [5.74, 6) is 0.631. The van der Waals surface area contributed by atoms with Crippen molar-refractivity contribution in [2.24, 2.45) is 0 Å². The summed E-state index contributed by atoms with van der Waals surface area (Å²) in [6, 6.07) is 12.9. The molecule has 0 radical (unpaired) electrons. The minimum atomic E-state index is -0.458. The standard InChI is InChI=1S/C18H17BrN2O3/c1-12(11-23-2)21-18(22)13(10-20)9-14-7-8-17(24-14)15-5-3-4-6-16(15)19/h3-9,12H,11H2,1-2H3,(H,21,22)/b13-9+/t12-/m0/s1. The molecular formula is C18H17BrN2O3. The zero-order valence-electron chi connectivity index (χ0n) is 13.4. The quantitative estimate of drug-likeness (QED) is 0.603. The second kappa shape index (κ2) is 8.48. The second-order valence-electron chi connectivity index (χ2n) is 5.18.